The van der Waals surface area contributed by atoms with Crippen molar-refractivity contribution in [2.45, 2.75) is 57.5 Å². The van der Waals surface area contributed by atoms with Crippen LogP contribution >= 0.6 is 0 Å². The van der Waals surface area contributed by atoms with Gasteiger partial charge in [0.15, 0.2) is 0 Å². The molecule has 0 saturated heterocycles. The molecular formula is C13H24N2O4. The molecule has 1 atom stereocenters. The molecule has 19 heavy (non-hydrogen) atoms. The number of carboxylic acids is 1. The molecule has 2 amide bonds. The SMILES string of the molecule is CCCC(NC(=O)N(CCCO)C1CCC1)C(=O)O. The molecule has 110 valence electrons. The zero-order valence-corrected chi connectivity index (χ0v) is 11.5. The third-order valence-corrected chi connectivity index (χ3v) is 3.51. The average Bonchev–Trinajstić information content (AvgIpc) is 2.31. The van der Waals surface area contributed by atoms with E-state index in [-0.39, 0.29) is 18.7 Å². The summed E-state index contributed by atoms with van der Waals surface area (Å²) in [6, 6.07) is -0.948. The summed E-state index contributed by atoms with van der Waals surface area (Å²) in [5, 5.41) is 20.5. The molecule has 0 bridgehead atoms. The zero-order valence-electron chi connectivity index (χ0n) is 11.5. The van der Waals surface area contributed by atoms with Gasteiger partial charge < -0.3 is 20.4 Å². The zero-order chi connectivity index (χ0) is 14.3. The molecule has 0 aromatic carbocycles. The minimum absolute atomic E-state index is 0.0355. The van der Waals surface area contributed by atoms with Crippen molar-refractivity contribution in [3.8, 4) is 0 Å². The Kier molecular flexibility index (Phi) is 6.62. The van der Waals surface area contributed by atoms with Gasteiger partial charge in [0.05, 0.1) is 0 Å². The lowest BCUT2D eigenvalue weighted by atomic mass is 9.91. The predicted molar refractivity (Wildman–Crippen MR) is 70.9 cm³/mol. The summed E-state index contributed by atoms with van der Waals surface area (Å²) < 4.78 is 0. The Morgan fingerprint density at radius 2 is 2.11 bits per heavy atom. The fourth-order valence-corrected chi connectivity index (χ4v) is 2.17. The molecule has 0 radical (unpaired) electrons. The molecule has 1 fully saturated rings. The van der Waals surface area contributed by atoms with Gasteiger partial charge in [-0.2, -0.15) is 0 Å². The second-order valence-electron chi connectivity index (χ2n) is 4.98. The Morgan fingerprint density at radius 1 is 1.42 bits per heavy atom. The van der Waals surface area contributed by atoms with Crippen molar-refractivity contribution in [1.29, 1.82) is 0 Å². The van der Waals surface area contributed by atoms with Crippen LogP contribution in [0.1, 0.15) is 45.4 Å². The van der Waals surface area contributed by atoms with Gasteiger partial charge in [-0.05, 0) is 32.1 Å². The number of aliphatic hydroxyl groups excluding tert-OH is 1. The monoisotopic (exact) mass is 272 g/mol. The molecule has 0 spiro atoms. The van der Waals surface area contributed by atoms with Gasteiger partial charge >= 0.3 is 12.0 Å². The number of carbonyl (C=O) groups excluding carboxylic acids is 1. The van der Waals surface area contributed by atoms with Gasteiger partial charge in [0.2, 0.25) is 0 Å². The van der Waals surface area contributed by atoms with Crippen molar-refractivity contribution in [1.82, 2.24) is 10.2 Å². The second-order valence-corrected chi connectivity index (χ2v) is 4.98. The Bertz CT molecular complexity index is 305. The number of aliphatic carboxylic acids is 1. The first-order valence-corrected chi connectivity index (χ1v) is 7.01. The maximum absolute atomic E-state index is 12.1. The molecule has 1 aliphatic carbocycles. The number of hydrogen-bond acceptors (Lipinski definition) is 3. The molecule has 1 aliphatic rings. The van der Waals surface area contributed by atoms with E-state index in [9.17, 15) is 9.59 Å². The van der Waals surface area contributed by atoms with Gasteiger partial charge in [0.25, 0.3) is 0 Å². The van der Waals surface area contributed by atoms with Crippen molar-refractivity contribution in [2.75, 3.05) is 13.2 Å². The fourth-order valence-electron chi connectivity index (χ4n) is 2.17. The number of hydrogen-bond donors (Lipinski definition) is 3. The van der Waals surface area contributed by atoms with Crippen LogP contribution in [0.5, 0.6) is 0 Å². The van der Waals surface area contributed by atoms with Crippen LogP contribution in [0, 0.1) is 0 Å². The standard InChI is InChI=1S/C13H24N2O4/c1-2-5-11(12(17)18)14-13(19)15(8-4-9-16)10-6-3-7-10/h10-11,16H,2-9H2,1H3,(H,14,19)(H,17,18). The van der Waals surface area contributed by atoms with Crippen molar-refractivity contribution < 1.29 is 19.8 Å². The van der Waals surface area contributed by atoms with E-state index in [4.69, 9.17) is 10.2 Å². The van der Waals surface area contributed by atoms with Crippen molar-refractivity contribution in [2.24, 2.45) is 0 Å². The van der Waals surface area contributed by atoms with Gasteiger partial charge in [0, 0.05) is 19.2 Å². The van der Waals surface area contributed by atoms with Gasteiger partial charge in [-0.3, -0.25) is 0 Å². The molecule has 0 aromatic heterocycles. The van der Waals surface area contributed by atoms with E-state index in [1.165, 1.54) is 0 Å². The first-order chi connectivity index (χ1) is 9.10. The number of nitrogens with one attached hydrogen (secondary N) is 1. The third kappa shape index (κ3) is 4.70. The average molecular weight is 272 g/mol. The maximum atomic E-state index is 12.1. The number of carboxylic acid groups (broad SMARTS) is 1. The highest BCUT2D eigenvalue weighted by atomic mass is 16.4. The summed E-state index contributed by atoms with van der Waals surface area (Å²) in [5.41, 5.74) is 0. The van der Waals surface area contributed by atoms with E-state index in [1.807, 2.05) is 6.92 Å². The molecule has 3 N–H and O–H groups in total. The normalized spacial score (nSPS) is 16.5. The Hall–Kier alpha value is -1.30. The Morgan fingerprint density at radius 3 is 2.53 bits per heavy atom. The van der Waals surface area contributed by atoms with Crippen LogP contribution in [-0.2, 0) is 4.79 Å². The van der Waals surface area contributed by atoms with Crippen LogP contribution in [0.3, 0.4) is 0 Å². The van der Waals surface area contributed by atoms with E-state index >= 15 is 0 Å². The molecule has 0 aromatic rings. The minimum atomic E-state index is -0.995. The first kappa shape index (κ1) is 15.8. The fraction of sp³-hybridized carbons (Fsp3) is 0.846. The van der Waals surface area contributed by atoms with Crippen LogP contribution in [0.4, 0.5) is 4.79 Å². The van der Waals surface area contributed by atoms with Gasteiger partial charge in [-0.15, -0.1) is 0 Å². The quantitative estimate of drug-likeness (QED) is 0.619. The van der Waals surface area contributed by atoms with Gasteiger partial charge in [0.1, 0.15) is 6.04 Å². The lowest BCUT2D eigenvalue weighted by molar-refractivity contribution is -0.139. The van der Waals surface area contributed by atoms with Crippen LogP contribution in [0.15, 0.2) is 0 Å². The molecule has 1 saturated carbocycles. The minimum Gasteiger partial charge on any atom is -0.480 e. The van der Waals surface area contributed by atoms with Gasteiger partial charge in [-0.25, -0.2) is 9.59 Å². The highest BCUT2D eigenvalue weighted by Crippen LogP contribution is 2.25. The van der Waals surface area contributed by atoms with Crippen LogP contribution < -0.4 is 5.32 Å². The Balaban J connectivity index is 2.56. The topological polar surface area (TPSA) is 89.9 Å². The largest absolute Gasteiger partial charge is 0.480 e. The number of carbonyl (C=O) groups is 2. The summed E-state index contributed by atoms with van der Waals surface area (Å²) in [5.74, 6) is -0.995. The van der Waals surface area contributed by atoms with Crippen molar-refractivity contribution in [3.63, 3.8) is 0 Å². The van der Waals surface area contributed by atoms with Gasteiger partial charge in [-0.1, -0.05) is 13.3 Å². The predicted octanol–water partition coefficient (Wildman–Crippen LogP) is 1.19. The van der Waals surface area contributed by atoms with E-state index in [2.05, 4.69) is 5.32 Å². The number of nitrogens with zero attached hydrogens (tertiary/aromatic N) is 1. The third-order valence-electron chi connectivity index (χ3n) is 3.51. The summed E-state index contributed by atoms with van der Waals surface area (Å²) in [4.78, 5) is 24.9. The first-order valence-electron chi connectivity index (χ1n) is 7.01. The summed E-state index contributed by atoms with van der Waals surface area (Å²) in [6.07, 6.45) is 4.69. The van der Waals surface area contributed by atoms with Crippen molar-refractivity contribution in [3.05, 3.63) is 0 Å². The number of aliphatic hydroxyl groups is 1. The van der Waals surface area contributed by atoms with E-state index in [0.29, 0.717) is 25.8 Å². The molecule has 6 heteroatoms. The second kappa shape index (κ2) is 7.99. The van der Waals surface area contributed by atoms with Crippen LogP contribution in [0.25, 0.3) is 0 Å². The molecule has 0 aliphatic heterocycles. The number of urea groups is 1. The smallest absolute Gasteiger partial charge is 0.326 e. The van der Waals surface area contributed by atoms with Crippen molar-refractivity contribution >= 4 is 12.0 Å². The summed E-state index contributed by atoms with van der Waals surface area (Å²) >= 11 is 0. The lowest BCUT2D eigenvalue weighted by Crippen LogP contribution is -2.53. The molecule has 6 nitrogen and oxygen atoms in total. The molecule has 1 rings (SSSR count). The molecule has 0 heterocycles. The molecule has 1 unspecified atom stereocenters. The number of amides is 2. The summed E-state index contributed by atoms with van der Waals surface area (Å²) in [7, 11) is 0. The van der Waals surface area contributed by atoms with Crippen LogP contribution in [0.2, 0.25) is 0 Å². The highest BCUT2D eigenvalue weighted by molar-refractivity contribution is 5.82. The van der Waals surface area contributed by atoms with Crippen LogP contribution in [-0.4, -0.2) is 52.3 Å². The number of rotatable bonds is 8. The highest BCUT2D eigenvalue weighted by Gasteiger charge is 2.30. The van der Waals surface area contributed by atoms with E-state index in [1.54, 1.807) is 4.90 Å². The molecular weight excluding hydrogens is 248 g/mol. The Labute approximate surface area is 113 Å². The van der Waals surface area contributed by atoms with E-state index in [0.717, 1.165) is 19.3 Å². The van der Waals surface area contributed by atoms with E-state index < -0.39 is 12.0 Å². The lowest BCUT2D eigenvalue weighted by Gasteiger charge is -2.38. The maximum Gasteiger partial charge on any atom is 0.326 e. The summed E-state index contributed by atoms with van der Waals surface area (Å²) in [6.45, 7) is 2.40.